The zero-order valence-corrected chi connectivity index (χ0v) is 9.45. The Morgan fingerprint density at radius 1 is 1.62 bits per heavy atom. The van der Waals surface area contributed by atoms with Crippen LogP contribution in [0.25, 0.3) is 0 Å². The summed E-state index contributed by atoms with van der Waals surface area (Å²) in [5, 5.41) is 14.3. The molecule has 0 aliphatic carbocycles. The Labute approximate surface area is 97.9 Å². The van der Waals surface area contributed by atoms with Crippen LogP contribution in [-0.4, -0.2) is 17.0 Å². The van der Waals surface area contributed by atoms with E-state index in [-0.39, 0.29) is 11.7 Å². The number of amidine groups is 1. The van der Waals surface area contributed by atoms with Gasteiger partial charge in [0, 0.05) is 12.0 Å². The Kier molecular flexibility index (Phi) is 4.13. The second kappa shape index (κ2) is 5.37. The van der Waals surface area contributed by atoms with Crippen molar-refractivity contribution in [3.05, 3.63) is 28.8 Å². The summed E-state index contributed by atoms with van der Waals surface area (Å²) in [4.78, 5) is 11.2. The van der Waals surface area contributed by atoms with Crippen molar-refractivity contribution in [1.82, 2.24) is 0 Å². The molecule has 0 bridgehead atoms. The van der Waals surface area contributed by atoms with E-state index < -0.39 is 0 Å². The Morgan fingerprint density at radius 3 is 2.81 bits per heavy atom. The molecule has 6 heteroatoms. The highest BCUT2D eigenvalue weighted by Crippen LogP contribution is 2.23. The van der Waals surface area contributed by atoms with E-state index in [0.717, 1.165) is 0 Å². The maximum absolute atomic E-state index is 11.2. The quantitative estimate of drug-likeness (QED) is 0.326. The SMILES string of the molecule is CCC(=O)Nc1ccc(/C(N)=N/O)cc1Cl. The molecule has 0 heterocycles. The number of nitrogens with one attached hydrogen (secondary N) is 1. The van der Waals surface area contributed by atoms with Crippen molar-refractivity contribution in [3.8, 4) is 0 Å². The lowest BCUT2D eigenvalue weighted by Crippen LogP contribution is -2.14. The fourth-order valence-corrected chi connectivity index (χ4v) is 1.30. The summed E-state index contributed by atoms with van der Waals surface area (Å²) in [7, 11) is 0. The van der Waals surface area contributed by atoms with Gasteiger partial charge in [-0.05, 0) is 18.2 Å². The summed E-state index contributed by atoms with van der Waals surface area (Å²) in [6, 6.07) is 4.72. The van der Waals surface area contributed by atoms with Crippen LogP contribution in [-0.2, 0) is 4.79 Å². The number of nitrogens with zero attached hydrogens (tertiary/aromatic N) is 1. The predicted molar refractivity (Wildman–Crippen MR) is 62.9 cm³/mol. The lowest BCUT2D eigenvalue weighted by molar-refractivity contribution is -0.115. The molecular formula is C10H12ClN3O2. The van der Waals surface area contributed by atoms with Gasteiger partial charge in [0.1, 0.15) is 0 Å². The van der Waals surface area contributed by atoms with Crippen LogP contribution < -0.4 is 11.1 Å². The third-order valence-electron chi connectivity index (χ3n) is 1.97. The highest BCUT2D eigenvalue weighted by Gasteiger charge is 2.06. The lowest BCUT2D eigenvalue weighted by atomic mass is 10.2. The monoisotopic (exact) mass is 241 g/mol. The molecule has 4 N–H and O–H groups in total. The fourth-order valence-electron chi connectivity index (χ4n) is 1.07. The Bertz CT molecular complexity index is 432. The van der Waals surface area contributed by atoms with Gasteiger partial charge in [-0.3, -0.25) is 4.79 Å². The average Bonchev–Trinajstić information content (AvgIpc) is 2.30. The summed E-state index contributed by atoms with van der Waals surface area (Å²) in [5.41, 5.74) is 6.39. The molecule has 86 valence electrons. The summed E-state index contributed by atoms with van der Waals surface area (Å²) in [6.07, 6.45) is 0.373. The fraction of sp³-hybridized carbons (Fsp3) is 0.200. The first kappa shape index (κ1) is 12.3. The van der Waals surface area contributed by atoms with Crippen molar-refractivity contribution in [2.75, 3.05) is 5.32 Å². The number of rotatable bonds is 3. The van der Waals surface area contributed by atoms with Crippen LogP contribution in [0.15, 0.2) is 23.4 Å². The highest BCUT2D eigenvalue weighted by molar-refractivity contribution is 6.34. The van der Waals surface area contributed by atoms with E-state index in [9.17, 15) is 4.79 Å². The Hall–Kier alpha value is -1.75. The van der Waals surface area contributed by atoms with Crippen molar-refractivity contribution < 1.29 is 10.0 Å². The number of nitrogens with two attached hydrogens (primary N) is 1. The normalized spacial score (nSPS) is 11.2. The van der Waals surface area contributed by atoms with Gasteiger partial charge in [-0.25, -0.2) is 0 Å². The molecule has 1 rings (SSSR count). The van der Waals surface area contributed by atoms with Crippen molar-refractivity contribution >= 4 is 29.0 Å². The van der Waals surface area contributed by atoms with Gasteiger partial charge < -0.3 is 16.3 Å². The lowest BCUT2D eigenvalue weighted by Gasteiger charge is -2.07. The molecule has 0 atom stereocenters. The van der Waals surface area contributed by atoms with Gasteiger partial charge in [-0.15, -0.1) is 0 Å². The van der Waals surface area contributed by atoms with Gasteiger partial charge in [-0.1, -0.05) is 23.7 Å². The van der Waals surface area contributed by atoms with E-state index in [1.165, 1.54) is 6.07 Å². The van der Waals surface area contributed by atoms with Gasteiger partial charge >= 0.3 is 0 Å². The zero-order valence-electron chi connectivity index (χ0n) is 8.70. The first-order valence-corrected chi connectivity index (χ1v) is 5.03. The predicted octanol–water partition coefficient (Wildman–Crippen LogP) is 1.78. The van der Waals surface area contributed by atoms with Crippen LogP contribution in [0.3, 0.4) is 0 Å². The smallest absolute Gasteiger partial charge is 0.224 e. The largest absolute Gasteiger partial charge is 0.409 e. The van der Waals surface area contributed by atoms with Crippen molar-refractivity contribution in [1.29, 1.82) is 0 Å². The maximum atomic E-state index is 11.2. The molecular weight excluding hydrogens is 230 g/mol. The molecule has 0 aromatic heterocycles. The molecule has 16 heavy (non-hydrogen) atoms. The van der Waals surface area contributed by atoms with Crippen LogP contribution in [0, 0.1) is 0 Å². The van der Waals surface area contributed by atoms with E-state index in [1.807, 2.05) is 0 Å². The molecule has 0 fully saturated rings. The average molecular weight is 242 g/mol. The van der Waals surface area contributed by atoms with Crippen molar-refractivity contribution in [2.24, 2.45) is 10.9 Å². The van der Waals surface area contributed by atoms with Gasteiger partial charge in [0.15, 0.2) is 5.84 Å². The summed E-state index contributed by atoms with van der Waals surface area (Å²) >= 11 is 5.92. The molecule has 1 amide bonds. The molecule has 0 spiro atoms. The minimum absolute atomic E-state index is 0.0322. The molecule has 1 aromatic rings. The molecule has 0 saturated heterocycles. The van der Waals surface area contributed by atoms with Crippen LogP contribution >= 0.6 is 11.6 Å². The van der Waals surface area contributed by atoms with Gasteiger partial charge in [-0.2, -0.15) is 0 Å². The first-order chi connectivity index (χ1) is 7.58. The summed E-state index contributed by atoms with van der Waals surface area (Å²) < 4.78 is 0. The van der Waals surface area contributed by atoms with E-state index in [2.05, 4.69) is 10.5 Å². The Morgan fingerprint density at radius 2 is 2.31 bits per heavy atom. The van der Waals surface area contributed by atoms with Crippen LogP contribution in [0.5, 0.6) is 0 Å². The minimum Gasteiger partial charge on any atom is -0.409 e. The zero-order chi connectivity index (χ0) is 12.1. The summed E-state index contributed by atoms with van der Waals surface area (Å²) in [5.74, 6) is -0.159. The van der Waals surface area contributed by atoms with E-state index in [1.54, 1.807) is 19.1 Å². The number of oxime groups is 1. The number of benzene rings is 1. The number of anilines is 1. The second-order valence-corrected chi connectivity index (χ2v) is 3.49. The molecule has 5 nitrogen and oxygen atoms in total. The Balaban J connectivity index is 2.96. The first-order valence-electron chi connectivity index (χ1n) is 4.65. The topological polar surface area (TPSA) is 87.7 Å². The standard InChI is InChI=1S/C10H12ClN3O2/c1-2-9(15)13-8-4-3-6(5-7(8)11)10(12)14-16/h3-5,16H,2H2,1H3,(H2,12,14)(H,13,15). The number of carbonyl (C=O) groups excluding carboxylic acids is 1. The number of hydrogen-bond donors (Lipinski definition) is 3. The maximum Gasteiger partial charge on any atom is 0.224 e. The third-order valence-corrected chi connectivity index (χ3v) is 2.28. The molecule has 0 aliphatic rings. The van der Waals surface area contributed by atoms with Gasteiger partial charge in [0.2, 0.25) is 5.91 Å². The second-order valence-electron chi connectivity index (χ2n) is 3.08. The van der Waals surface area contributed by atoms with E-state index in [0.29, 0.717) is 22.7 Å². The molecule has 0 unspecified atom stereocenters. The highest BCUT2D eigenvalue weighted by atomic mass is 35.5. The third kappa shape index (κ3) is 2.87. The van der Waals surface area contributed by atoms with Crippen LogP contribution in [0.4, 0.5) is 5.69 Å². The van der Waals surface area contributed by atoms with Crippen LogP contribution in [0.2, 0.25) is 5.02 Å². The van der Waals surface area contributed by atoms with Crippen LogP contribution in [0.1, 0.15) is 18.9 Å². The number of carbonyl (C=O) groups is 1. The van der Waals surface area contributed by atoms with Crippen molar-refractivity contribution in [3.63, 3.8) is 0 Å². The van der Waals surface area contributed by atoms with E-state index >= 15 is 0 Å². The van der Waals surface area contributed by atoms with E-state index in [4.69, 9.17) is 22.5 Å². The summed E-state index contributed by atoms with van der Waals surface area (Å²) in [6.45, 7) is 1.74. The molecule has 1 aromatic carbocycles. The number of halogens is 1. The van der Waals surface area contributed by atoms with Crippen molar-refractivity contribution in [2.45, 2.75) is 13.3 Å². The van der Waals surface area contributed by atoms with Gasteiger partial charge in [0.25, 0.3) is 0 Å². The molecule has 0 saturated carbocycles. The number of amides is 1. The number of hydrogen-bond acceptors (Lipinski definition) is 3. The molecule has 0 aliphatic heterocycles. The minimum atomic E-state index is -0.126. The van der Waals surface area contributed by atoms with Gasteiger partial charge in [0.05, 0.1) is 10.7 Å². The molecule has 0 radical (unpaired) electrons.